The average Bonchev–Trinajstić information content (AvgIpc) is 3.01. The SMILES string of the molecule is Cc1cc2nc(C(O)c3ccccc3)n(Cc3ccc(Cl)cc3)c2cc1C. The van der Waals surface area contributed by atoms with Crippen LogP contribution in [0.2, 0.25) is 5.02 Å². The predicted octanol–water partition coefficient (Wildman–Crippen LogP) is 5.44. The fraction of sp³-hybridized carbons (Fsp3) is 0.174. The van der Waals surface area contributed by atoms with E-state index in [9.17, 15) is 5.11 Å². The monoisotopic (exact) mass is 376 g/mol. The summed E-state index contributed by atoms with van der Waals surface area (Å²) in [5.74, 6) is 0.649. The average molecular weight is 377 g/mol. The van der Waals surface area contributed by atoms with Crippen molar-refractivity contribution in [2.45, 2.75) is 26.5 Å². The van der Waals surface area contributed by atoms with Gasteiger partial charge < -0.3 is 9.67 Å². The molecular formula is C23H21ClN2O. The number of rotatable bonds is 4. The van der Waals surface area contributed by atoms with E-state index in [2.05, 4.69) is 30.5 Å². The van der Waals surface area contributed by atoms with Crippen LogP contribution in [0, 0.1) is 13.8 Å². The van der Waals surface area contributed by atoms with Crippen molar-refractivity contribution >= 4 is 22.6 Å². The van der Waals surface area contributed by atoms with Gasteiger partial charge in [0.2, 0.25) is 0 Å². The lowest BCUT2D eigenvalue weighted by Crippen LogP contribution is -2.11. The summed E-state index contributed by atoms with van der Waals surface area (Å²) in [5.41, 5.74) is 6.27. The fourth-order valence-electron chi connectivity index (χ4n) is 3.33. The molecule has 27 heavy (non-hydrogen) atoms. The van der Waals surface area contributed by atoms with Crippen molar-refractivity contribution in [2.75, 3.05) is 0 Å². The standard InChI is InChI=1S/C23H21ClN2O/c1-15-12-20-21(13-16(15)2)26(14-17-8-10-19(24)11-9-17)23(25-20)22(27)18-6-4-3-5-7-18/h3-13,22,27H,14H2,1-2H3. The van der Waals surface area contributed by atoms with E-state index in [-0.39, 0.29) is 0 Å². The smallest absolute Gasteiger partial charge is 0.143 e. The molecule has 4 heteroatoms. The fourth-order valence-corrected chi connectivity index (χ4v) is 3.46. The predicted molar refractivity (Wildman–Crippen MR) is 110 cm³/mol. The Morgan fingerprint density at radius 1 is 0.963 bits per heavy atom. The molecule has 0 fully saturated rings. The third kappa shape index (κ3) is 3.48. The van der Waals surface area contributed by atoms with Crippen molar-refractivity contribution in [3.63, 3.8) is 0 Å². The van der Waals surface area contributed by atoms with Crippen molar-refractivity contribution in [3.8, 4) is 0 Å². The number of halogens is 1. The summed E-state index contributed by atoms with van der Waals surface area (Å²) in [4.78, 5) is 4.79. The summed E-state index contributed by atoms with van der Waals surface area (Å²) in [6.45, 7) is 4.80. The van der Waals surface area contributed by atoms with Crippen molar-refractivity contribution < 1.29 is 5.11 Å². The molecule has 0 bridgehead atoms. The Balaban J connectivity index is 1.87. The van der Waals surface area contributed by atoms with Crippen LogP contribution in [0.4, 0.5) is 0 Å². The summed E-state index contributed by atoms with van der Waals surface area (Å²) in [5, 5.41) is 11.7. The molecule has 1 atom stereocenters. The van der Waals surface area contributed by atoms with Crippen LogP contribution in [0.5, 0.6) is 0 Å². The number of hydrogen-bond donors (Lipinski definition) is 1. The van der Waals surface area contributed by atoms with Gasteiger partial charge in [-0.3, -0.25) is 0 Å². The zero-order valence-electron chi connectivity index (χ0n) is 15.4. The summed E-state index contributed by atoms with van der Waals surface area (Å²) >= 11 is 6.03. The zero-order chi connectivity index (χ0) is 19.0. The van der Waals surface area contributed by atoms with E-state index >= 15 is 0 Å². The lowest BCUT2D eigenvalue weighted by molar-refractivity contribution is 0.206. The molecule has 0 aliphatic rings. The molecule has 3 aromatic carbocycles. The van der Waals surface area contributed by atoms with Gasteiger partial charge in [0.05, 0.1) is 11.0 Å². The van der Waals surface area contributed by atoms with E-state index in [1.165, 1.54) is 11.1 Å². The Bertz CT molecular complexity index is 1090. The van der Waals surface area contributed by atoms with Gasteiger partial charge in [0.25, 0.3) is 0 Å². The maximum Gasteiger partial charge on any atom is 0.143 e. The Labute approximate surface area is 163 Å². The first kappa shape index (κ1) is 17.8. The number of aliphatic hydroxyl groups is 1. The van der Waals surface area contributed by atoms with E-state index < -0.39 is 6.10 Å². The van der Waals surface area contributed by atoms with Gasteiger partial charge in [0.1, 0.15) is 11.9 Å². The first-order valence-corrected chi connectivity index (χ1v) is 9.35. The minimum absolute atomic E-state index is 0.620. The molecule has 3 nitrogen and oxygen atoms in total. The van der Waals surface area contributed by atoms with Crippen LogP contribution in [-0.2, 0) is 6.54 Å². The molecular weight excluding hydrogens is 356 g/mol. The van der Waals surface area contributed by atoms with Gasteiger partial charge in [-0.15, -0.1) is 0 Å². The number of imidazole rings is 1. The van der Waals surface area contributed by atoms with E-state index in [4.69, 9.17) is 16.6 Å². The van der Waals surface area contributed by atoms with Gasteiger partial charge in [0, 0.05) is 11.6 Å². The maximum absolute atomic E-state index is 11.0. The lowest BCUT2D eigenvalue weighted by atomic mass is 10.1. The molecule has 0 saturated heterocycles. The highest BCUT2D eigenvalue weighted by atomic mass is 35.5. The highest BCUT2D eigenvalue weighted by Gasteiger charge is 2.20. The van der Waals surface area contributed by atoms with Crippen LogP contribution in [0.1, 0.15) is 34.2 Å². The molecule has 0 aliphatic carbocycles. The number of benzene rings is 3. The number of nitrogens with zero attached hydrogens (tertiary/aromatic N) is 2. The van der Waals surface area contributed by atoms with Crippen molar-refractivity contribution in [1.82, 2.24) is 9.55 Å². The third-order valence-corrected chi connectivity index (χ3v) is 5.26. The van der Waals surface area contributed by atoms with Crippen molar-refractivity contribution in [1.29, 1.82) is 0 Å². The molecule has 0 radical (unpaired) electrons. The minimum Gasteiger partial charge on any atom is -0.380 e. The third-order valence-electron chi connectivity index (χ3n) is 5.01. The van der Waals surface area contributed by atoms with Crippen LogP contribution >= 0.6 is 11.6 Å². The molecule has 4 rings (SSSR count). The minimum atomic E-state index is -0.786. The van der Waals surface area contributed by atoms with E-state index in [0.29, 0.717) is 17.4 Å². The molecule has 0 amide bonds. The maximum atomic E-state index is 11.0. The Kier molecular flexibility index (Phi) is 4.73. The molecule has 1 aromatic heterocycles. The second-order valence-corrected chi connectivity index (χ2v) is 7.36. The Morgan fingerprint density at radius 3 is 2.33 bits per heavy atom. The van der Waals surface area contributed by atoms with Crippen LogP contribution < -0.4 is 0 Å². The van der Waals surface area contributed by atoms with Gasteiger partial charge in [-0.05, 0) is 60.4 Å². The molecule has 1 unspecified atom stereocenters. The first-order valence-electron chi connectivity index (χ1n) is 8.98. The van der Waals surface area contributed by atoms with Gasteiger partial charge in [-0.25, -0.2) is 4.98 Å². The largest absolute Gasteiger partial charge is 0.380 e. The van der Waals surface area contributed by atoms with Crippen LogP contribution in [0.15, 0.2) is 66.7 Å². The number of aryl methyl sites for hydroxylation is 2. The van der Waals surface area contributed by atoms with Crippen molar-refractivity contribution in [3.05, 3.63) is 99.8 Å². The topological polar surface area (TPSA) is 38.1 Å². The summed E-state index contributed by atoms with van der Waals surface area (Å²) in [6, 6.07) is 21.7. The summed E-state index contributed by atoms with van der Waals surface area (Å²) in [7, 11) is 0. The van der Waals surface area contributed by atoms with E-state index in [1.807, 2.05) is 54.6 Å². The number of aliphatic hydroxyl groups excluding tert-OH is 1. The Hall–Kier alpha value is -2.62. The Morgan fingerprint density at radius 2 is 1.63 bits per heavy atom. The van der Waals surface area contributed by atoms with Crippen LogP contribution in [0.3, 0.4) is 0 Å². The highest BCUT2D eigenvalue weighted by Crippen LogP contribution is 2.28. The molecule has 0 spiro atoms. The molecule has 1 N–H and O–H groups in total. The number of hydrogen-bond acceptors (Lipinski definition) is 2. The molecule has 0 aliphatic heterocycles. The molecule has 4 aromatic rings. The molecule has 0 saturated carbocycles. The second-order valence-electron chi connectivity index (χ2n) is 6.92. The van der Waals surface area contributed by atoms with Gasteiger partial charge >= 0.3 is 0 Å². The summed E-state index contributed by atoms with van der Waals surface area (Å²) in [6.07, 6.45) is -0.786. The lowest BCUT2D eigenvalue weighted by Gasteiger charge is -2.15. The number of aromatic nitrogens is 2. The quantitative estimate of drug-likeness (QED) is 0.515. The second kappa shape index (κ2) is 7.18. The van der Waals surface area contributed by atoms with Crippen LogP contribution in [-0.4, -0.2) is 14.7 Å². The first-order chi connectivity index (χ1) is 13.0. The zero-order valence-corrected chi connectivity index (χ0v) is 16.1. The normalized spacial score (nSPS) is 12.4. The van der Waals surface area contributed by atoms with Crippen molar-refractivity contribution in [2.24, 2.45) is 0 Å². The van der Waals surface area contributed by atoms with Crippen LogP contribution in [0.25, 0.3) is 11.0 Å². The van der Waals surface area contributed by atoms with E-state index in [0.717, 1.165) is 22.2 Å². The highest BCUT2D eigenvalue weighted by molar-refractivity contribution is 6.30. The number of fused-ring (bicyclic) bond motifs is 1. The molecule has 136 valence electrons. The molecule has 1 heterocycles. The van der Waals surface area contributed by atoms with Gasteiger partial charge in [-0.2, -0.15) is 0 Å². The summed E-state index contributed by atoms with van der Waals surface area (Å²) < 4.78 is 2.10. The van der Waals surface area contributed by atoms with Gasteiger partial charge in [-0.1, -0.05) is 54.1 Å². The van der Waals surface area contributed by atoms with Gasteiger partial charge in [0.15, 0.2) is 0 Å². The van der Waals surface area contributed by atoms with E-state index in [1.54, 1.807) is 0 Å².